The highest BCUT2D eigenvalue weighted by Crippen LogP contribution is 2.22. The molecule has 1 heterocycles. The fraction of sp³-hybridized carbons (Fsp3) is 0.700. The third kappa shape index (κ3) is 3.05. The van der Waals surface area contributed by atoms with Gasteiger partial charge in [0.2, 0.25) is 10.0 Å². The minimum absolute atomic E-state index is 0.116. The Morgan fingerprint density at radius 1 is 1.47 bits per heavy atom. The predicted octanol–water partition coefficient (Wildman–Crippen LogP) is 0.683. The van der Waals surface area contributed by atoms with Gasteiger partial charge in [-0.1, -0.05) is 5.16 Å². The van der Waals surface area contributed by atoms with Gasteiger partial charge in [-0.3, -0.25) is 0 Å². The maximum atomic E-state index is 12.2. The van der Waals surface area contributed by atoms with E-state index in [4.69, 9.17) is 9.63 Å². The molecule has 0 spiro atoms. The largest absolute Gasteiger partial charge is 0.393 e. The Morgan fingerprint density at radius 3 is 2.47 bits per heavy atom. The van der Waals surface area contributed by atoms with Crippen molar-refractivity contribution >= 4 is 10.0 Å². The van der Waals surface area contributed by atoms with Crippen LogP contribution in [0.25, 0.3) is 0 Å². The molecule has 98 valence electrons. The summed E-state index contributed by atoms with van der Waals surface area (Å²) in [5, 5.41) is 12.8. The molecule has 1 aromatic rings. The summed E-state index contributed by atoms with van der Waals surface area (Å²) in [6.07, 6.45) is -0.142. The monoisotopic (exact) mass is 262 g/mol. The first kappa shape index (κ1) is 14.1. The van der Waals surface area contributed by atoms with Crippen LogP contribution in [-0.2, 0) is 10.0 Å². The van der Waals surface area contributed by atoms with Gasteiger partial charge in [-0.25, -0.2) is 12.7 Å². The van der Waals surface area contributed by atoms with E-state index in [1.165, 1.54) is 11.4 Å². The quantitative estimate of drug-likeness (QED) is 0.843. The van der Waals surface area contributed by atoms with Crippen LogP contribution in [0.15, 0.2) is 9.42 Å². The zero-order chi connectivity index (χ0) is 13.2. The topological polar surface area (TPSA) is 83.6 Å². The lowest BCUT2D eigenvalue weighted by atomic mass is 10.3. The van der Waals surface area contributed by atoms with E-state index >= 15 is 0 Å². The first-order chi connectivity index (χ1) is 7.76. The Labute approximate surface area is 101 Å². The summed E-state index contributed by atoms with van der Waals surface area (Å²) in [6, 6.07) is 0. The van der Waals surface area contributed by atoms with Gasteiger partial charge in [0, 0.05) is 13.6 Å². The SMILES string of the molecule is Cc1noc(C)c1S(=O)(=O)N(C)CCC(C)O. The number of aromatic nitrogens is 1. The first-order valence-electron chi connectivity index (χ1n) is 5.34. The van der Waals surface area contributed by atoms with Gasteiger partial charge < -0.3 is 9.63 Å². The molecule has 0 aromatic carbocycles. The molecule has 0 saturated carbocycles. The smallest absolute Gasteiger partial charge is 0.248 e. The molecule has 0 saturated heterocycles. The van der Waals surface area contributed by atoms with Gasteiger partial charge in [-0.05, 0) is 27.2 Å². The second-order valence-electron chi connectivity index (χ2n) is 4.12. The summed E-state index contributed by atoms with van der Waals surface area (Å²) in [4.78, 5) is 0.116. The highest BCUT2D eigenvalue weighted by atomic mass is 32.2. The molecular weight excluding hydrogens is 244 g/mol. The van der Waals surface area contributed by atoms with Gasteiger partial charge in [0.25, 0.3) is 0 Å². The summed E-state index contributed by atoms with van der Waals surface area (Å²) in [6.45, 7) is 5.03. The van der Waals surface area contributed by atoms with Crippen molar-refractivity contribution in [3.05, 3.63) is 11.5 Å². The molecule has 1 aromatic heterocycles. The normalized spacial score (nSPS) is 14.2. The third-order valence-corrected chi connectivity index (χ3v) is 4.60. The van der Waals surface area contributed by atoms with Crippen LogP contribution < -0.4 is 0 Å². The van der Waals surface area contributed by atoms with Crippen molar-refractivity contribution in [3.63, 3.8) is 0 Å². The minimum Gasteiger partial charge on any atom is -0.393 e. The number of aliphatic hydroxyl groups is 1. The Balaban J connectivity index is 2.96. The highest BCUT2D eigenvalue weighted by Gasteiger charge is 2.28. The van der Waals surface area contributed by atoms with E-state index in [0.717, 1.165) is 0 Å². The van der Waals surface area contributed by atoms with E-state index in [9.17, 15) is 8.42 Å². The molecule has 0 fully saturated rings. The number of rotatable bonds is 5. The fourth-order valence-corrected chi connectivity index (χ4v) is 2.96. The van der Waals surface area contributed by atoms with Crippen LogP contribution in [0.2, 0.25) is 0 Å². The summed E-state index contributed by atoms with van der Waals surface area (Å²) in [5.74, 6) is 0.284. The maximum Gasteiger partial charge on any atom is 0.248 e. The zero-order valence-corrected chi connectivity index (χ0v) is 11.3. The second kappa shape index (κ2) is 5.16. The van der Waals surface area contributed by atoms with Crippen molar-refractivity contribution in [1.82, 2.24) is 9.46 Å². The molecule has 7 heteroatoms. The molecule has 6 nitrogen and oxygen atoms in total. The number of aryl methyl sites for hydroxylation is 2. The van der Waals surface area contributed by atoms with Crippen molar-refractivity contribution in [2.45, 2.75) is 38.2 Å². The van der Waals surface area contributed by atoms with Gasteiger partial charge in [0.05, 0.1) is 6.10 Å². The lowest BCUT2D eigenvalue weighted by Crippen LogP contribution is -2.30. The van der Waals surface area contributed by atoms with E-state index in [-0.39, 0.29) is 17.2 Å². The zero-order valence-electron chi connectivity index (χ0n) is 10.5. The summed E-state index contributed by atoms with van der Waals surface area (Å²) in [5.41, 5.74) is 0.353. The van der Waals surface area contributed by atoms with Crippen LogP contribution in [0.3, 0.4) is 0 Å². The average Bonchev–Trinajstić information content (AvgIpc) is 2.55. The Kier molecular flexibility index (Phi) is 4.29. The average molecular weight is 262 g/mol. The van der Waals surface area contributed by atoms with E-state index in [0.29, 0.717) is 12.1 Å². The van der Waals surface area contributed by atoms with Crippen molar-refractivity contribution in [1.29, 1.82) is 0 Å². The molecule has 1 atom stereocenters. The summed E-state index contributed by atoms with van der Waals surface area (Å²) in [7, 11) is -2.11. The third-order valence-electron chi connectivity index (χ3n) is 2.50. The molecule has 0 bridgehead atoms. The van der Waals surface area contributed by atoms with Gasteiger partial charge in [-0.15, -0.1) is 0 Å². The van der Waals surface area contributed by atoms with Gasteiger partial charge in [0.1, 0.15) is 10.6 Å². The van der Waals surface area contributed by atoms with Crippen molar-refractivity contribution < 1.29 is 18.0 Å². The van der Waals surface area contributed by atoms with Crippen molar-refractivity contribution in [2.24, 2.45) is 0 Å². The second-order valence-corrected chi connectivity index (χ2v) is 6.10. The standard InChI is InChI=1S/C10H18N2O4S/c1-7(13)5-6-12(4)17(14,15)10-8(2)11-16-9(10)3/h7,13H,5-6H2,1-4H3. The molecule has 0 aliphatic rings. The Hall–Kier alpha value is -0.920. The minimum atomic E-state index is -3.59. The molecular formula is C10H18N2O4S. The fourth-order valence-electron chi connectivity index (χ4n) is 1.49. The van der Waals surface area contributed by atoms with Gasteiger partial charge in [0.15, 0.2) is 5.76 Å². The van der Waals surface area contributed by atoms with Gasteiger partial charge >= 0.3 is 0 Å². The molecule has 0 radical (unpaired) electrons. The van der Waals surface area contributed by atoms with E-state index in [2.05, 4.69) is 5.16 Å². The van der Waals surface area contributed by atoms with Crippen LogP contribution in [0.5, 0.6) is 0 Å². The van der Waals surface area contributed by atoms with E-state index < -0.39 is 16.1 Å². The van der Waals surface area contributed by atoms with Crippen LogP contribution in [0.4, 0.5) is 0 Å². The lowest BCUT2D eigenvalue weighted by molar-refractivity contribution is 0.177. The molecule has 0 aliphatic carbocycles. The lowest BCUT2D eigenvalue weighted by Gasteiger charge is -2.17. The van der Waals surface area contributed by atoms with Crippen LogP contribution in [0.1, 0.15) is 24.8 Å². The number of aliphatic hydroxyl groups excluding tert-OH is 1. The number of hydrogen-bond donors (Lipinski definition) is 1. The first-order valence-corrected chi connectivity index (χ1v) is 6.78. The summed E-state index contributed by atoms with van der Waals surface area (Å²) < 4.78 is 30.4. The predicted molar refractivity (Wildman–Crippen MR) is 62.1 cm³/mol. The number of sulfonamides is 1. The van der Waals surface area contributed by atoms with Crippen molar-refractivity contribution in [2.75, 3.05) is 13.6 Å². The van der Waals surface area contributed by atoms with Crippen LogP contribution in [0, 0.1) is 13.8 Å². The number of hydrogen-bond acceptors (Lipinski definition) is 5. The maximum absolute atomic E-state index is 12.2. The van der Waals surface area contributed by atoms with E-state index in [1.54, 1.807) is 20.8 Å². The van der Waals surface area contributed by atoms with Gasteiger partial charge in [-0.2, -0.15) is 0 Å². The molecule has 0 aliphatic heterocycles. The van der Waals surface area contributed by atoms with Crippen molar-refractivity contribution in [3.8, 4) is 0 Å². The molecule has 17 heavy (non-hydrogen) atoms. The highest BCUT2D eigenvalue weighted by molar-refractivity contribution is 7.89. The van der Waals surface area contributed by atoms with E-state index in [1.807, 2.05) is 0 Å². The van der Waals surface area contributed by atoms with Crippen LogP contribution >= 0.6 is 0 Å². The number of nitrogens with zero attached hydrogens (tertiary/aromatic N) is 2. The molecule has 1 rings (SSSR count). The molecule has 1 unspecified atom stereocenters. The Morgan fingerprint density at radius 2 is 2.06 bits per heavy atom. The van der Waals surface area contributed by atoms with Crippen LogP contribution in [-0.4, -0.2) is 42.7 Å². The molecule has 0 amide bonds. The Bertz CT molecular complexity index is 459. The summed E-state index contributed by atoms with van der Waals surface area (Å²) >= 11 is 0. The molecule has 1 N–H and O–H groups in total.